The molecule has 174 valence electrons. The van der Waals surface area contributed by atoms with Crippen molar-refractivity contribution in [1.82, 2.24) is 0 Å². The number of benzene rings is 4. The Morgan fingerprint density at radius 2 is 0.853 bits per heavy atom. The minimum Gasteiger partial charge on any atom is -0.0969 e. The molecular formula is C32H36P2. The van der Waals surface area contributed by atoms with E-state index in [-0.39, 0.29) is 7.92 Å². The summed E-state index contributed by atoms with van der Waals surface area (Å²) >= 11 is 0. The van der Waals surface area contributed by atoms with Crippen molar-refractivity contribution in [2.75, 3.05) is 0 Å². The molecule has 0 aliphatic rings. The van der Waals surface area contributed by atoms with Crippen molar-refractivity contribution in [2.24, 2.45) is 0 Å². The topological polar surface area (TPSA) is 0 Å². The highest BCUT2D eigenvalue weighted by Crippen LogP contribution is 2.50. The van der Waals surface area contributed by atoms with Crippen LogP contribution in [0, 0.1) is 0 Å². The normalized spacial score (nSPS) is 11.6. The molecule has 0 nitrogen and oxygen atoms in total. The second kappa shape index (κ2) is 11.9. The van der Waals surface area contributed by atoms with E-state index in [2.05, 4.69) is 137 Å². The maximum atomic E-state index is 2.40. The van der Waals surface area contributed by atoms with Gasteiger partial charge in [0, 0.05) is 6.16 Å². The van der Waals surface area contributed by atoms with E-state index >= 15 is 0 Å². The van der Waals surface area contributed by atoms with Crippen LogP contribution in [0.3, 0.4) is 0 Å². The predicted octanol–water partition coefficient (Wildman–Crippen LogP) is 8.79. The van der Waals surface area contributed by atoms with E-state index in [1.54, 1.807) is 0 Å². The molecule has 4 aromatic carbocycles. The Morgan fingerprint density at radius 1 is 0.471 bits per heavy atom. The summed E-state index contributed by atoms with van der Waals surface area (Å²) in [6.07, 6.45) is 2.25. The van der Waals surface area contributed by atoms with Crippen molar-refractivity contribution >= 4 is 26.5 Å². The highest BCUT2D eigenvalue weighted by Gasteiger charge is 2.21. The van der Waals surface area contributed by atoms with Crippen LogP contribution in [0.4, 0.5) is 0 Å². The maximum Gasteiger partial charge on any atom is 0.00136 e. The summed E-state index contributed by atoms with van der Waals surface area (Å²) in [6, 6.07) is 40.4. The molecule has 0 saturated heterocycles. The van der Waals surface area contributed by atoms with E-state index in [4.69, 9.17) is 0 Å². The van der Waals surface area contributed by atoms with Gasteiger partial charge in [0.15, 0.2) is 0 Å². The molecular weight excluding hydrogens is 446 g/mol. The second-order valence-corrected chi connectivity index (χ2v) is 15.0. The smallest absolute Gasteiger partial charge is 0.00136 e. The third kappa shape index (κ3) is 6.05. The summed E-state index contributed by atoms with van der Waals surface area (Å²) < 4.78 is 0. The summed E-state index contributed by atoms with van der Waals surface area (Å²) in [5, 5.41) is 2.88. The van der Waals surface area contributed by atoms with Gasteiger partial charge in [0.2, 0.25) is 0 Å². The quantitative estimate of drug-likeness (QED) is 0.209. The average molecular weight is 483 g/mol. The van der Waals surface area contributed by atoms with Crippen molar-refractivity contribution in [1.29, 1.82) is 0 Å². The molecule has 2 heteroatoms. The molecule has 4 rings (SSSR count). The predicted molar refractivity (Wildman–Crippen MR) is 156 cm³/mol. The summed E-state index contributed by atoms with van der Waals surface area (Å²) in [5.41, 5.74) is 7.26. The van der Waals surface area contributed by atoms with Gasteiger partial charge in [-0.05, 0) is 58.3 Å². The lowest BCUT2D eigenvalue weighted by molar-refractivity contribution is 0.996. The Hall–Kier alpha value is -2.26. The van der Waals surface area contributed by atoms with Crippen molar-refractivity contribution in [2.45, 2.75) is 51.3 Å². The zero-order valence-electron chi connectivity index (χ0n) is 20.9. The molecule has 0 spiro atoms. The van der Waals surface area contributed by atoms with Gasteiger partial charge >= 0.3 is 0 Å². The highest BCUT2D eigenvalue weighted by molar-refractivity contribution is 7.72. The average Bonchev–Trinajstić information content (AvgIpc) is 2.87. The zero-order chi connectivity index (χ0) is 23.9. The zero-order valence-corrected chi connectivity index (χ0v) is 22.6. The Bertz CT molecular complexity index is 1120. The van der Waals surface area contributed by atoms with Crippen LogP contribution in [0.25, 0.3) is 11.1 Å². The van der Waals surface area contributed by atoms with E-state index in [0.717, 1.165) is 17.5 Å². The van der Waals surface area contributed by atoms with Crippen LogP contribution in [0.5, 0.6) is 0 Å². The first-order valence-electron chi connectivity index (χ1n) is 12.3. The van der Waals surface area contributed by atoms with Gasteiger partial charge in [0.05, 0.1) is 0 Å². The SMILES string of the molecule is CC(C)P(Cc1ccccc1-c1ccccc1CP(c1ccccc1)c1ccccc1)C(C)C. The molecule has 0 saturated carbocycles. The summed E-state index contributed by atoms with van der Waals surface area (Å²) in [4.78, 5) is 0. The number of hydrogen-bond donors (Lipinski definition) is 0. The molecule has 0 bridgehead atoms. The molecule has 0 N–H and O–H groups in total. The Kier molecular flexibility index (Phi) is 8.72. The molecule has 0 heterocycles. The number of rotatable bonds is 9. The molecule has 0 amide bonds. The van der Waals surface area contributed by atoms with Gasteiger partial charge in [-0.1, -0.05) is 145 Å². The molecule has 0 fully saturated rings. The van der Waals surface area contributed by atoms with Crippen LogP contribution in [0.1, 0.15) is 38.8 Å². The van der Waals surface area contributed by atoms with E-state index < -0.39 is 7.92 Å². The van der Waals surface area contributed by atoms with Crippen molar-refractivity contribution in [3.05, 3.63) is 120 Å². The lowest BCUT2D eigenvalue weighted by Gasteiger charge is -2.27. The van der Waals surface area contributed by atoms with E-state index in [0.29, 0.717) is 0 Å². The standard InChI is InChI=1S/C32H36P2/c1-25(2)33(26(3)4)23-27-15-11-13-21-31(27)32-22-14-12-16-28(32)24-34(29-17-7-5-8-18-29)30-19-9-6-10-20-30/h5-22,25-26H,23-24H2,1-4H3. The molecule has 0 atom stereocenters. The van der Waals surface area contributed by atoms with Crippen molar-refractivity contribution in [3.63, 3.8) is 0 Å². The molecule has 0 aliphatic heterocycles. The van der Waals surface area contributed by atoms with Crippen LogP contribution in [0.2, 0.25) is 0 Å². The lowest BCUT2D eigenvalue weighted by atomic mass is 9.97. The number of hydrogen-bond acceptors (Lipinski definition) is 0. The van der Waals surface area contributed by atoms with Gasteiger partial charge < -0.3 is 0 Å². The monoisotopic (exact) mass is 482 g/mol. The van der Waals surface area contributed by atoms with Gasteiger partial charge in [0.1, 0.15) is 0 Å². The minimum absolute atomic E-state index is 0.0561. The summed E-state index contributed by atoms with van der Waals surface area (Å²) in [6.45, 7) is 9.59. The Morgan fingerprint density at radius 3 is 1.29 bits per heavy atom. The van der Waals surface area contributed by atoms with E-state index in [1.807, 2.05) is 0 Å². The first kappa shape index (κ1) is 24.9. The van der Waals surface area contributed by atoms with E-state index in [9.17, 15) is 0 Å². The fraction of sp³-hybridized carbons (Fsp3) is 0.250. The lowest BCUT2D eigenvalue weighted by Crippen LogP contribution is -2.13. The molecule has 0 aromatic heterocycles. The van der Waals surface area contributed by atoms with Crippen molar-refractivity contribution in [3.8, 4) is 11.1 Å². The van der Waals surface area contributed by atoms with Crippen LogP contribution in [-0.4, -0.2) is 11.3 Å². The van der Waals surface area contributed by atoms with Gasteiger partial charge in [-0.25, -0.2) is 0 Å². The Labute approximate surface area is 209 Å². The van der Waals surface area contributed by atoms with Gasteiger partial charge in [-0.2, -0.15) is 0 Å². The molecule has 34 heavy (non-hydrogen) atoms. The maximum absolute atomic E-state index is 2.40. The first-order chi connectivity index (χ1) is 16.5. The fourth-order valence-electron chi connectivity index (χ4n) is 4.72. The molecule has 0 radical (unpaired) electrons. The van der Waals surface area contributed by atoms with Gasteiger partial charge in [-0.15, -0.1) is 0 Å². The van der Waals surface area contributed by atoms with Crippen LogP contribution >= 0.6 is 15.8 Å². The molecule has 0 aliphatic carbocycles. The third-order valence-electron chi connectivity index (χ3n) is 6.47. The molecule has 0 unspecified atom stereocenters. The summed E-state index contributed by atoms with van der Waals surface area (Å²) in [5.74, 6) is 0. The van der Waals surface area contributed by atoms with Gasteiger partial charge in [-0.3, -0.25) is 0 Å². The minimum atomic E-state index is -0.477. The van der Waals surface area contributed by atoms with Crippen molar-refractivity contribution < 1.29 is 0 Å². The Balaban J connectivity index is 1.74. The largest absolute Gasteiger partial charge is 0.0969 e. The fourth-order valence-corrected chi connectivity index (χ4v) is 9.65. The van der Waals surface area contributed by atoms with Crippen LogP contribution in [-0.2, 0) is 12.3 Å². The van der Waals surface area contributed by atoms with E-state index in [1.165, 1.54) is 39.0 Å². The first-order valence-corrected chi connectivity index (χ1v) is 15.5. The molecule has 4 aromatic rings. The third-order valence-corrected chi connectivity index (χ3v) is 12.3. The highest BCUT2D eigenvalue weighted by atomic mass is 31.1. The van der Waals surface area contributed by atoms with Crippen LogP contribution < -0.4 is 10.6 Å². The van der Waals surface area contributed by atoms with Crippen LogP contribution in [0.15, 0.2) is 109 Å². The summed E-state index contributed by atoms with van der Waals surface area (Å²) in [7, 11) is -0.533. The van der Waals surface area contributed by atoms with Gasteiger partial charge in [0.25, 0.3) is 0 Å². The second-order valence-electron chi connectivity index (χ2n) is 9.43.